The second-order valence-electron chi connectivity index (χ2n) is 6.29. The summed E-state index contributed by atoms with van der Waals surface area (Å²) in [4.78, 5) is 15.7. The fourth-order valence-corrected chi connectivity index (χ4v) is 4.47. The van der Waals surface area contributed by atoms with E-state index in [9.17, 15) is 4.79 Å². The van der Waals surface area contributed by atoms with Crippen molar-refractivity contribution in [1.29, 1.82) is 0 Å². The second-order valence-corrected chi connectivity index (χ2v) is 7.34. The molecule has 0 saturated carbocycles. The zero-order valence-electron chi connectivity index (χ0n) is 13.0. The number of nitrogens with one attached hydrogen (secondary N) is 1. The lowest BCUT2D eigenvalue weighted by Gasteiger charge is -2.49. The van der Waals surface area contributed by atoms with Crippen LogP contribution in [-0.4, -0.2) is 36.0 Å². The van der Waals surface area contributed by atoms with Crippen molar-refractivity contribution in [3.05, 3.63) is 35.6 Å². The Bertz CT molecular complexity index is 672. The molecule has 2 aromatic heterocycles. The van der Waals surface area contributed by atoms with Gasteiger partial charge in [-0.1, -0.05) is 11.3 Å². The average Bonchev–Trinajstić information content (AvgIpc) is 3.23. The van der Waals surface area contributed by atoms with E-state index in [-0.39, 0.29) is 11.9 Å². The standard InChI is InChI=1S/C17H20N2O3S/c1-11-16(12-4-7-19(11)8-5-12)18-17(20)14-2-3-15(23-14)22-13-6-9-21-10-13/h2-3,6,9-12,16H,4-5,7-8H2,1H3,(H,18,20)/t11-,16-/m0/s1. The van der Waals surface area contributed by atoms with Crippen LogP contribution < -0.4 is 10.1 Å². The molecule has 3 aliphatic heterocycles. The number of thiophene rings is 1. The zero-order valence-corrected chi connectivity index (χ0v) is 13.8. The van der Waals surface area contributed by atoms with Crippen molar-refractivity contribution in [3.8, 4) is 10.8 Å². The largest absolute Gasteiger partial charge is 0.469 e. The van der Waals surface area contributed by atoms with Gasteiger partial charge in [0.2, 0.25) is 0 Å². The van der Waals surface area contributed by atoms with E-state index < -0.39 is 0 Å². The number of rotatable bonds is 4. The molecule has 122 valence electrons. The number of carbonyl (C=O) groups excluding carboxylic acids is 1. The molecule has 0 radical (unpaired) electrons. The van der Waals surface area contributed by atoms with Crippen LogP contribution in [-0.2, 0) is 0 Å². The Kier molecular flexibility index (Phi) is 3.87. The van der Waals surface area contributed by atoms with Crippen molar-refractivity contribution in [2.75, 3.05) is 13.1 Å². The van der Waals surface area contributed by atoms with Crippen LogP contribution in [0.4, 0.5) is 0 Å². The zero-order chi connectivity index (χ0) is 15.8. The van der Waals surface area contributed by atoms with Gasteiger partial charge in [-0.15, -0.1) is 0 Å². The molecule has 0 aliphatic carbocycles. The van der Waals surface area contributed by atoms with E-state index in [1.54, 1.807) is 12.3 Å². The predicted molar refractivity (Wildman–Crippen MR) is 88.1 cm³/mol. The summed E-state index contributed by atoms with van der Waals surface area (Å²) in [5, 5.41) is 3.94. The number of piperidine rings is 3. The van der Waals surface area contributed by atoms with Crippen LogP contribution in [0.5, 0.6) is 10.8 Å². The van der Waals surface area contributed by atoms with Gasteiger partial charge in [-0.25, -0.2) is 0 Å². The molecule has 1 amide bonds. The highest BCUT2D eigenvalue weighted by Crippen LogP contribution is 2.33. The number of nitrogens with zero attached hydrogens (tertiary/aromatic N) is 1. The molecule has 3 saturated heterocycles. The molecule has 5 nitrogen and oxygen atoms in total. The summed E-state index contributed by atoms with van der Waals surface area (Å²) in [7, 11) is 0. The van der Waals surface area contributed by atoms with E-state index in [2.05, 4.69) is 17.1 Å². The van der Waals surface area contributed by atoms with Gasteiger partial charge in [-0.05, 0) is 50.9 Å². The molecule has 3 fully saturated rings. The van der Waals surface area contributed by atoms with E-state index in [0.717, 1.165) is 0 Å². The summed E-state index contributed by atoms with van der Waals surface area (Å²) in [6.07, 6.45) is 5.48. The first-order chi connectivity index (χ1) is 11.2. The van der Waals surface area contributed by atoms with Crippen LogP contribution in [0.1, 0.15) is 29.4 Å². The maximum atomic E-state index is 12.6. The van der Waals surface area contributed by atoms with E-state index in [0.29, 0.717) is 27.6 Å². The number of furan rings is 1. The second kappa shape index (κ2) is 6.02. The smallest absolute Gasteiger partial charge is 0.261 e. The number of hydrogen-bond donors (Lipinski definition) is 1. The van der Waals surface area contributed by atoms with Crippen molar-refractivity contribution in [3.63, 3.8) is 0 Å². The number of carbonyl (C=O) groups is 1. The van der Waals surface area contributed by atoms with Gasteiger partial charge in [0.25, 0.3) is 5.91 Å². The highest BCUT2D eigenvalue weighted by Gasteiger charge is 2.40. The Hall–Kier alpha value is -1.79. The van der Waals surface area contributed by atoms with Gasteiger partial charge in [-0.3, -0.25) is 9.69 Å². The maximum absolute atomic E-state index is 12.6. The molecule has 2 bridgehead atoms. The molecule has 0 unspecified atom stereocenters. The third kappa shape index (κ3) is 2.88. The maximum Gasteiger partial charge on any atom is 0.261 e. The van der Waals surface area contributed by atoms with Crippen LogP contribution in [0.3, 0.4) is 0 Å². The first-order valence-corrected chi connectivity index (χ1v) is 8.87. The Morgan fingerprint density at radius 3 is 2.87 bits per heavy atom. The number of amides is 1. The molecule has 3 aliphatic rings. The minimum Gasteiger partial charge on any atom is -0.469 e. The van der Waals surface area contributed by atoms with Crippen LogP contribution in [0.15, 0.2) is 35.1 Å². The lowest BCUT2D eigenvalue weighted by molar-refractivity contribution is 0.0218. The molecule has 5 rings (SSSR count). The Morgan fingerprint density at radius 1 is 1.35 bits per heavy atom. The summed E-state index contributed by atoms with van der Waals surface area (Å²) in [5.41, 5.74) is 0. The summed E-state index contributed by atoms with van der Waals surface area (Å²) in [5.74, 6) is 1.26. The third-order valence-electron chi connectivity index (χ3n) is 4.99. The Morgan fingerprint density at radius 2 is 2.17 bits per heavy atom. The van der Waals surface area contributed by atoms with E-state index in [4.69, 9.17) is 9.15 Å². The van der Waals surface area contributed by atoms with Crippen molar-refractivity contribution in [1.82, 2.24) is 10.2 Å². The topological polar surface area (TPSA) is 54.7 Å². The fraction of sp³-hybridized carbons (Fsp3) is 0.471. The van der Waals surface area contributed by atoms with Gasteiger partial charge in [0.15, 0.2) is 10.8 Å². The van der Waals surface area contributed by atoms with Gasteiger partial charge in [0, 0.05) is 18.2 Å². The minimum absolute atomic E-state index is 0.00245. The lowest BCUT2D eigenvalue weighted by atomic mass is 9.79. The third-order valence-corrected chi connectivity index (χ3v) is 5.96. The number of fused-ring (bicyclic) bond motifs is 3. The Balaban J connectivity index is 1.42. The van der Waals surface area contributed by atoms with Crippen LogP contribution >= 0.6 is 11.3 Å². The molecule has 2 atom stereocenters. The number of ether oxygens (including phenoxy) is 1. The van der Waals surface area contributed by atoms with E-state index >= 15 is 0 Å². The summed E-state index contributed by atoms with van der Waals surface area (Å²) in [6, 6.07) is 6.07. The molecular weight excluding hydrogens is 312 g/mol. The SMILES string of the molecule is C[C@H]1[C@H](NC(=O)c2ccc(Oc3ccoc3)s2)C2CCN1CC2. The fourth-order valence-electron chi connectivity index (χ4n) is 3.69. The van der Waals surface area contributed by atoms with Gasteiger partial charge >= 0.3 is 0 Å². The summed E-state index contributed by atoms with van der Waals surface area (Å²) >= 11 is 1.36. The van der Waals surface area contributed by atoms with E-state index in [1.807, 2.05) is 12.1 Å². The van der Waals surface area contributed by atoms with Gasteiger partial charge in [0.1, 0.15) is 6.26 Å². The molecule has 1 N–H and O–H groups in total. The monoisotopic (exact) mass is 332 g/mol. The van der Waals surface area contributed by atoms with Crippen LogP contribution in [0.25, 0.3) is 0 Å². The van der Waals surface area contributed by atoms with Crippen molar-refractivity contribution in [2.45, 2.75) is 31.8 Å². The van der Waals surface area contributed by atoms with Crippen molar-refractivity contribution in [2.24, 2.45) is 5.92 Å². The summed E-state index contributed by atoms with van der Waals surface area (Å²) < 4.78 is 10.6. The normalized spacial score (nSPS) is 29.4. The first-order valence-electron chi connectivity index (χ1n) is 8.05. The molecule has 2 aromatic rings. The van der Waals surface area contributed by atoms with Gasteiger partial charge in [-0.2, -0.15) is 0 Å². The molecule has 0 aromatic carbocycles. The molecule has 23 heavy (non-hydrogen) atoms. The Labute approximate surface area is 139 Å². The van der Waals surface area contributed by atoms with Crippen molar-refractivity contribution >= 4 is 17.2 Å². The number of hydrogen-bond acceptors (Lipinski definition) is 5. The molecule has 5 heterocycles. The average molecular weight is 332 g/mol. The van der Waals surface area contributed by atoms with Crippen LogP contribution in [0.2, 0.25) is 0 Å². The highest BCUT2D eigenvalue weighted by molar-refractivity contribution is 7.15. The molecule has 6 heteroatoms. The van der Waals surface area contributed by atoms with E-state index in [1.165, 1.54) is 43.5 Å². The molecular formula is C17H20N2O3S. The van der Waals surface area contributed by atoms with Crippen molar-refractivity contribution < 1.29 is 13.9 Å². The lowest BCUT2D eigenvalue weighted by Crippen LogP contribution is -2.62. The van der Waals surface area contributed by atoms with Gasteiger partial charge < -0.3 is 14.5 Å². The minimum atomic E-state index is 0.00245. The summed E-state index contributed by atoms with van der Waals surface area (Å²) in [6.45, 7) is 4.55. The quantitative estimate of drug-likeness (QED) is 0.933. The first kappa shape index (κ1) is 14.8. The predicted octanol–water partition coefficient (Wildman–Crippen LogP) is 3.35. The van der Waals surface area contributed by atoms with Crippen LogP contribution in [0, 0.1) is 5.92 Å². The molecule has 0 spiro atoms. The highest BCUT2D eigenvalue weighted by atomic mass is 32.1. The van der Waals surface area contributed by atoms with Gasteiger partial charge in [0.05, 0.1) is 11.1 Å².